The van der Waals surface area contributed by atoms with E-state index in [1.165, 1.54) is 6.20 Å². The van der Waals surface area contributed by atoms with Crippen LogP contribution in [0.5, 0.6) is 0 Å². The van der Waals surface area contributed by atoms with E-state index in [4.69, 9.17) is 0 Å². The number of aryl methyl sites for hydroxylation is 1. The summed E-state index contributed by atoms with van der Waals surface area (Å²) in [7, 11) is 0. The van der Waals surface area contributed by atoms with Gasteiger partial charge in [0, 0.05) is 12.2 Å². The van der Waals surface area contributed by atoms with Gasteiger partial charge in [-0.05, 0) is 20.8 Å². The molecule has 0 aromatic carbocycles. The molecule has 78 valence electrons. The van der Waals surface area contributed by atoms with Crippen LogP contribution in [-0.4, -0.2) is 33.4 Å². The van der Waals surface area contributed by atoms with Gasteiger partial charge in [0.15, 0.2) is 0 Å². The average molecular weight is 197 g/mol. The average Bonchev–Trinajstić information content (AvgIpc) is 2.46. The molecule has 3 N–H and O–H groups in total. The molecule has 0 saturated heterocycles. The molecule has 0 spiro atoms. The monoisotopic (exact) mass is 197 g/mol. The van der Waals surface area contributed by atoms with E-state index in [-0.39, 0.29) is 12.5 Å². The Bertz CT molecular complexity index is 325. The summed E-state index contributed by atoms with van der Waals surface area (Å²) in [4.78, 5) is 11.5. The molecular weight excluding hydrogens is 182 g/mol. The third-order valence-electron chi connectivity index (χ3n) is 1.76. The van der Waals surface area contributed by atoms with Gasteiger partial charge in [0.2, 0.25) is 0 Å². The second-order valence-corrected chi connectivity index (χ2v) is 3.90. The Morgan fingerprint density at radius 2 is 2.36 bits per heavy atom. The summed E-state index contributed by atoms with van der Waals surface area (Å²) < 4.78 is 0. The zero-order chi connectivity index (χ0) is 10.8. The summed E-state index contributed by atoms with van der Waals surface area (Å²) in [6.07, 6.45) is 1.47. The van der Waals surface area contributed by atoms with E-state index < -0.39 is 5.60 Å². The first-order chi connectivity index (χ1) is 6.40. The van der Waals surface area contributed by atoms with Crippen LogP contribution in [0.4, 0.5) is 0 Å². The van der Waals surface area contributed by atoms with E-state index in [1.54, 1.807) is 20.8 Å². The zero-order valence-electron chi connectivity index (χ0n) is 8.59. The fraction of sp³-hybridized carbons (Fsp3) is 0.556. The molecule has 0 atom stereocenters. The number of carbonyl (C=O) groups excluding carboxylic acids is 1. The number of nitrogens with one attached hydrogen (secondary N) is 2. The smallest absolute Gasteiger partial charge is 0.254 e. The molecule has 0 aliphatic carbocycles. The second kappa shape index (κ2) is 3.79. The minimum absolute atomic E-state index is 0.219. The molecule has 1 rings (SSSR count). The van der Waals surface area contributed by atoms with Crippen LogP contribution in [0.2, 0.25) is 0 Å². The van der Waals surface area contributed by atoms with Gasteiger partial charge >= 0.3 is 0 Å². The Morgan fingerprint density at radius 1 is 1.71 bits per heavy atom. The van der Waals surface area contributed by atoms with E-state index in [9.17, 15) is 9.90 Å². The van der Waals surface area contributed by atoms with E-state index in [0.717, 1.165) is 5.69 Å². The summed E-state index contributed by atoms with van der Waals surface area (Å²) in [5.41, 5.74) is 0.334. The molecule has 0 unspecified atom stereocenters. The standard InChI is InChI=1S/C9H15N3O2/c1-6-7(4-11-12-6)8(13)10-5-9(2,3)14/h4,14H,5H2,1-3H3,(H,10,13)(H,11,12). The van der Waals surface area contributed by atoms with Crippen LogP contribution in [0.15, 0.2) is 6.20 Å². The van der Waals surface area contributed by atoms with Gasteiger partial charge in [-0.15, -0.1) is 0 Å². The van der Waals surface area contributed by atoms with E-state index in [2.05, 4.69) is 15.5 Å². The predicted molar refractivity (Wildman–Crippen MR) is 52.0 cm³/mol. The van der Waals surface area contributed by atoms with Gasteiger partial charge in [-0.1, -0.05) is 0 Å². The van der Waals surface area contributed by atoms with Gasteiger partial charge in [-0.3, -0.25) is 9.89 Å². The van der Waals surface area contributed by atoms with Crippen molar-refractivity contribution >= 4 is 5.91 Å². The van der Waals surface area contributed by atoms with Crippen LogP contribution in [0.1, 0.15) is 29.9 Å². The fourth-order valence-electron chi connectivity index (χ4n) is 0.971. The number of nitrogens with zero attached hydrogens (tertiary/aromatic N) is 1. The number of aliphatic hydroxyl groups is 1. The molecule has 1 aromatic rings. The lowest BCUT2D eigenvalue weighted by Gasteiger charge is -2.17. The van der Waals surface area contributed by atoms with Crippen molar-refractivity contribution in [2.75, 3.05) is 6.54 Å². The minimum atomic E-state index is -0.896. The van der Waals surface area contributed by atoms with E-state index in [1.807, 2.05) is 0 Å². The molecule has 1 amide bonds. The number of aromatic amines is 1. The second-order valence-electron chi connectivity index (χ2n) is 3.90. The molecule has 0 radical (unpaired) electrons. The highest BCUT2D eigenvalue weighted by Gasteiger charge is 2.16. The zero-order valence-corrected chi connectivity index (χ0v) is 8.59. The van der Waals surface area contributed by atoms with Gasteiger partial charge in [-0.2, -0.15) is 5.10 Å². The third-order valence-corrected chi connectivity index (χ3v) is 1.76. The highest BCUT2D eigenvalue weighted by Crippen LogP contribution is 2.03. The molecule has 1 heterocycles. The maximum Gasteiger partial charge on any atom is 0.254 e. The number of carbonyl (C=O) groups is 1. The van der Waals surface area contributed by atoms with Gasteiger partial charge in [0.1, 0.15) is 0 Å². The molecule has 0 aliphatic heterocycles. The number of H-pyrrole nitrogens is 1. The highest BCUT2D eigenvalue weighted by atomic mass is 16.3. The van der Waals surface area contributed by atoms with E-state index >= 15 is 0 Å². The van der Waals surface area contributed by atoms with Gasteiger partial charge in [0.25, 0.3) is 5.91 Å². The van der Waals surface area contributed by atoms with Crippen LogP contribution in [-0.2, 0) is 0 Å². The van der Waals surface area contributed by atoms with Crippen LogP contribution in [0.25, 0.3) is 0 Å². The van der Waals surface area contributed by atoms with Gasteiger partial charge in [-0.25, -0.2) is 0 Å². The lowest BCUT2D eigenvalue weighted by Crippen LogP contribution is -2.38. The summed E-state index contributed by atoms with van der Waals surface area (Å²) in [5.74, 6) is -0.224. The van der Waals surface area contributed by atoms with E-state index in [0.29, 0.717) is 5.56 Å². The minimum Gasteiger partial charge on any atom is -0.389 e. The number of amides is 1. The first kappa shape index (κ1) is 10.7. The Labute approximate surface area is 82.5 Å². The first-order valence-corrected chi connectivity index (χ1v) is 4.41. The molecular formula is C9H15N3O2. The molecule has 0 fully saturated rings. The van der Waals surface area contributed by atoms with Crippen molar-refractivity contribution < 1.29 is 9.90 Å². The number of aromatic nitrogens is 2. The molecule has 0 bridgehead atoms. The van der Waals surface area contributed by atoms with Crippen LogP contribution < -0.4 is 5.32 Å². The molecule has 0 saturated carbocycles. The van der Waals surface area contributed by atoms with Gasteiger partial charge < -0.3 is 10.4 Å². The van der Waals surface area contributed by atoms with Crippen LogP contribution in [0.3, 0.4) is 0 Å². The summed E-state index contributed by atoms with van der Waals surface area (Å²) >= 11 is 0. The van der Waals surface area contributed by atoms with Crippen molar-refractivity contribution in [1.29, 1.82) is 0 Å². The Balaban J connectivity index is 2.56. The molecule has 5 nitrogen and oxygen atoms in total. The Kier molecular flexibility index (Phi) is 2.90. The summed E-state index contributed by atoms with van der Waals surface area (Å²) in [6, 6.07) is 0. The maximum atomic E-state index is 11.5. The molecule has 1 aromatic heterocycles. The molecule has 5 heteroatoms. The first-order valence-electron chi connectivity index (χ1n) is 4.41. The summed E-state index contributed by atoms with van der Waals surface area (Å²) in [6.45, 7) is 5.26. The quantitative estimate of drug-likeness (QED) is 0.648. The maximum absolute atomic E-state index is 11.5. The number of rotatable bonds is 3. The van der Waals surface area contributed by atoms with Crippen molar-refractivity contribution in [3.05, 3.63) is 17.5 Å². The summed E-state index contributed by atoms with van der Waals surface area (Å²) in [5, 5.41) is 18.4. The number of hydrogen-bond acceptors (Lipinski definition) is 3. The lowest BCUT2D eigenvalue weighted by atomic mass is 10.1. The SMILES string of the molecule is Cc1[nH]ncc1C(=O)NCC(C)(C)O. The Morgan fingerprint density at radius 3 is 2.79 bits per heavy atom. The van der Waals surface area contributed by atoms with Crippen molar-refractivity contribution in [2.24, 2.45) is 0 Å². The predicted octanol–water partition coefficient (Wildman–Crippen LogP) is 0.219. The Hall–Kier alpha value is -1.36. The van der Waals surface area contributed by atoms with Crippen molar-refractivity contribution in [2.45, 2.75) is 26.4 Å². The highest BCUT2D eigenvalue weighted by molar-refractivity contribution is 5.94. The fourth-order valence-corrected chi connectivity index (χ4v) is 0.971. The van der Waals surface area contributed by atoms with Crippen molar-refractivity contribution in [3.63, 3.8) is 0 Å². The van der Waals surface area contributed by atoms with Crippen molar-refractivity contribution in [3.8, 4) is 0 Å². The largest absolute Gasteiger partial charge is 0.389 e. The van der Waals surface area contributed by atoms with Gasteiger partial charge in [0.05, 0.1) is 17.4 Å². The molecule has 0 aliphatic rings. The van der Waals surface area contributed by atoms with Crippen LogP contribution in [0, 0.1) is 6.92 Å². The van der Waals surface area contributed by atoms with Crippen LogP contribution >= 0.6 is 0 Å². The molecule has 14 heavy (non-hydrogen) atoms. The lowest BCUT2D eigenvalue weighted by molar-refractivity contribution is 0.0694. The third kappa shape index (κ3) is 2.85. The normalized spacial score (nSPS) is 11.4. The topological polar surface area (TPSA) is 78.0 Å². The number of hydrogen-bond donors (Lipinski definition) is 3. The van der Waals surface area contributed by atoms with Crippen molar-refractivity contribution in [1.82, 2.24) is 15.5 Å².